The van der Waals surface area contributed by atoms with E-state index >= 15 is 0 Å². The molecule has 1 amide bonds. The number of hydrogen-bond donors (Lipinski definition) is 1. The maximum absolute atomic E-state index is 13.7. The number of anilines is 1. The maximum Gasteiger partial charge on any atom is 0.258 e. The van der Waals surface area contributed by atoms with Crippen LogP contribution in [-0.2, 0) is 6.54 Å². The monoisotopic (exact) mass is 440 g/mol. The zero-order valence-corrected chi connectivity index (χ0v) is 19.5. The van der Waals surface area contributed by atoms with Crippen LogP contribution in [0.2, 0.25) is 0 Å². The highest BCUT2D eigenvalue weighted by molar-refractivity contribution is 6.00. The Labute approximate surface area is 196 Å². The van der Waals surface area contributed by atoms with Crippen LogP contribution in [0.5, 0.6) is 0 Å². The van der Waals surface area contributed by atoms with Crippen molar-refractivity contribution in [2.45, 2.75) is 58.2 Å². The zero-order chi connectivity index (χ0) is 23.2. The van der Waals surface area contributed by atoms with Gasteiger partial charge in [0, 0.05) is 30.4 Å². The number of aromatic nitrogens is 2. The van der Waals surface area contributed by atoms with E-state index in [1.807, 2.05) is 79.4 Å². The molecule has 1 fully saturated rings. The first kappa shape index (κ1) is 22.7. The van der Waals surface area contributed by atoms with Crippen molar-refractivity contribution in [1.29, 1.82) is 0 Å². The molecule has 0 aliphatic heterocycles. The van der Waals surface area contributed by atoms with Gasteiger partial charge in [-0.25, -0.2) is 9.97 Å². The molecule has 2 aromatic carbocycles. The summed E-state index contributed by atoms with van der Waals surface area (Å²) < 4.78 is 0. The maximum atomic E-state index is 13.7. The predicted octanol–water partition coefficient (Wildman–Crippen LogP) is 6.11. The minimum atomic E-state index is -0.0645. The third-order valence-corrected chi connectivity index (χ3v) is 6.10. The van der Waals surface area contributed by atoms with Gasteiger partial charge in [-0.3, -0.25) is 4.79 Å². The van der Waals surface area contributed by atoms with Crippen LogP contribution in [0.25, 0.3) is 11.3 Å². The molecule has 1 saturated carbocycles. The summed E-state index contributed by atoms with van der Waals surface area (Å²) >= 11 is 0. The second-order valence-electron chi connectivity index (χ2n) is 9.02. The van der Waals surface area contributed by atoms with Crippen LogP contribution >= 0.6 is 0 Å². The van der Waals surface area contributed by atoms with Gasteiger partial charge in [-0.15, -0.1) is 0 Å². The second-order valence-corrected chi connectivity index (χ2v) is 9.02. The van der Waals surface area contributed by atoms with Crippen LogP contribution in [0, 0.1) is 0 Å². The molecule has 1 atom stereocenters. The summed E-state index contributed by atoms with van der Waals surface area (Å²) in [4.78, 5) is 25.0. The molecule has 0 spiro atoms. The third kappa shape index (κ3) is 5.67. The number of nitrogens with one attached hydrogen (secondary N) is 1. The van der Waals surface area contributed by atoms with Gasteiger partial charge in [-0.1, -0.05) is 72.8 Å². The van der Waals surface area contributed by atoms with E-state index < -0.39 is 0 Å². The molecule has 1 unspecified atom stereocenters. The first-order valence-electron chi connectivity index (χ1n) is 11.7. The first-order valence-corrected chi connectivity index (χ1v) is 11.7. The Hall–Kier alpha value is -3.47. The highest BCUT2D eigenvalue weighted by Crippen LogP contribution is 2.27. The summed E-state index contributed by atoms with van der Waals surface area (Å²) in [5, 5.41) is 3.47. The summed E-state index contributed by atoms with van der Waals surface area (Å²) in [5.74, 6) is 0.495. The number of carbonyl (C=O) groups is 1. The number of benzene rings is 2. The fourth-order valence-corrected chi connectivity index (χ4v) is 4.30. The molecule has 170 valence electrons. The lowest BCUT2D eigenvalue weighted by atomic mass is 9.92. The number of carbonyl (C=O) groups excluding carboxylic acids is 1. The van der Waals surface area contributed by atoms with Crippen molar-refractivity contribution in [2.24, 2.45) is 0 Å². The molecule has 3 aromatic rings. The molecule has 1 heterocycles. The van der Waals surface area contributed by atoms with Crippen molar-refractivity contribution in [2.75, 3.05) is 5.32 Å². The van der Waals surface area contributed by atoms with E-state index in [4.69, 9.17) is 4.98 Å². The molecular formula is C28H32N4O. The van der Waals surface area contributed by atoms with Crippen molar-refractivity contribution >= 4 is 11.9 Å². The summed E-state index contributed by atoms with van der Waals surface area (Å²) in [6.45, 7) is 8.76. The fourth-order valence-electron chi connectivity index (χ4n) is 4.30. The smallest absolute Gasteiger partial charge is 0.258 e. The van der Waals surface area contributed by atoms with E-state index in [2.05, 4.69) is 16.9 Å². The summed E-state index contributed by atoms with van der Waals surface area (Å²) in [6.07, 6.45) is 5.90. The SMILES string of the molecule is C=C1CCCC(Nc2ncc(C(=O)N(Cc3ccccc3)C(C)C)c(-c3ccccc3)n2)C1. The van der Waals surface area contributed by atoms with Gasteiger partial charge in [-0.05, 0) is 45.1 Å². The van der Waals surface area contributed by atoms with Crippen LogP contribution in [0.15, 0.2) is 79.0 Å². The summed E-state index contributed by atoms with van der Waals surface area (Å²) in [5.41, 5.74) is 4.44. The van der Waals surface area contributed by atoms with E-state index in [-0.39, 0.29) is 18.0 Å². The third-order valence-electron chi connectivity index (χ3n) is 6.10. The molecule has 5 heteroatoms. The minimum absolute atomic E-state index is 0.0346. The van der Waals surface area contributed by atoms with Crippen LogP contribution in [0.3, 0.4) is 0 Å². The molecule has 1 aliphatic carbocycles. The lowest BCUT2D eigenvalue weighted by Gasteiger charge is -2.28. The first-order chi connectivity index (χ1) is 16.0. The Morgan fingerprint density at radius 1 is 1.12 bits per heavy atom. The molecule has 1 aromatic heterocycles. The molecule has 1 N–H and O–H groups in total. The Bertz CT molecular complexity index is 1100. The Morgan fingerprint density at radius 2 is 1.82 bits per heavy atom. The molecule has 1 aliphatic rings. The highest BCUT2D eigenvalue weighted by Gasteiger charge is 2.25. The van der Waals surface area contributed by atoms with E-state index in [1.165, 1.54) is 5.57 Å². The second kappa shape index (κ2) is 10.4. The zero-order valence-electron chi connectivity index (χ0n) is 19.5. The van der Waals surface area contributed by atoms with Gasteiger partial charge in [0.25, 0.3) is 5.91 Å². The van der Waals surface area contributed by atoms with E-state index in [1.54, 1.807) is 6.20 Å². The molecule has 5 nitrogen and oxygen atoms in total. The van der Waals surface area contributed by atoms with Gasteiger partial charge in [0.2, 0.25) is 5.95 Å². The molecule has 33 heavy (non-hydrogen) atoms. The van der Waals surface area contributed by atoms with Crippen molar-refractivity contribution in [3.8, 4) is 11.3 Å². The number of hydrogen-bond acceptors (Lipinski definition) is 4. The van der Waals surface area contributed by atoms with E-state index in [0.29, 0.717) is 23.8 Å². The van der Waals surface area contributed by atoms with Gasteiger partial charge in [0.15, 0.2) is 0 Å². The fraction of sp³-hybridized carbons (Fsp3) is 0.321. The average Bonchev–Trinajstić information content (AvgIpc) is 2.83. The number of rotatable bonds is 7. The Balaban J connectivity index is 1.67. The van der Waals surface area contributed by atoms with Gasteiger partial charge >= 0.3 is 0 Å². The van der Waals surface area contributed by atoms with Gasteiger partial charge < -0.3 is 10.2 Å². The normalized spacial score (nSPS) is 16.0. The van der Waals surface area contributed by atoms with Gasteiger partial charge in [0.1, 0.15) is 0 Å². The number of nitrogens with zero attached hydrogens (tertiary/aromatic N) is 3. The molecule has 0 radical (unpaired) electrons. The molecule has 0 saturated heterocycles. The van der Waals surface area contributed by atoms with Crippen molar-refractivity contribution in [3.63, 3.8) is 0 Å². The van der Waals surface area contributed by atoms with Crippen molar-refractivity contribution in [1.82, 2.24) is 14.9 Å². The quantitative estimate of drug-likeness (QED) is 0.451. The molecular weight excluding hydrogens is 408 g/mol. The van der Waals surface area contributed by atoms with Crippen molar-refractivity contribution < 1.29 is 4.79 Å². The topological polar surface area (TPSA) is 58.1 Å². The van der Waals surface area contributed by atoms with Crippen LogP contribution in [-0.4, -0.2) is 32.9 Å². The number of amides is 1. The molecule has 4 rings (SSSR count). The lowest BCUT2D eigenvalue weighted by Crippen LogP contribution is -2.37. The summed E-state index contributed by atoms with van der Waals surface area (Å²) in [7, 11) is 0. The average molecular weight is 441 g/mol. The molecule has 0 bridgehead atoms. The van der Waals surface area contributed by atoms with Crippen molar-refractivity contribution in [3.05, 3.63) is 90.1 Å². The highest BCUT2D eigenvalue weighted by atomic mass is 16.2. The lowest BCUT2D eigenvalue weighted by molar-refractivity contribution is 0.0690. The largest absolute Gasteiger partial charge is 0.351 e. The standard InChI is InChI=1S/C28H32N4O/c1-20(2)32(19-22-12-6-4-7-13-22)27(33)25-18-29-28(30-24-16-10-11-21(3)17-24)31-26(25)23-14-8-5-9-15-23/h4-9,12-15,18,20,24H,3,10-11,16-17,19H2,1-2H3,(H,29,30,31). The van der Waals surface area contributed by atoms with Gasteiger partial charge in [0.05, 0.1) is 11.3 Å². The Kier molecular flexibility index (Phi) is 7.18. The van der Waals surface area contributed by atoms with Crippen LogP contribution in [0.4, 0.5) is 5.95 Å². The van der Waals surface area contributed by atoms with Crippen LogP contribution in [0.1, 0.15) is 55.5 Å². The van der Waals surface area contributed by atoms with Crippen LogP contribution < -0.4 is 5.32 Å². The van der Waals surface area contributed by atoms with Gasteiger partial charge in [-0.2, -0.15) is 0 Å². The summed E-state index contributed by atoms with van der Waals surface area (Å²) in [6, 6.07) is 20.3. The van der Waals surface area contributed by atoms with E-state index in [0.717, 1.165) is 36.8 Å². The van der Waals surface area contributed by atoms with E-state index in [9.17, 15) is 4.79 Å². The predicted molar refractivity (Wildman–Crippen MR) is 134 cm³/mol. The Morgan fingerprint density at radius 3 is 2.48 bits per heavy atom. The minimum Gasteiger partial charge on any atom is -0.351 e.